The molecule has 6 heteroatoms. The van der Waals surface area contributed by atoms with E-state index >= 15 is 0 Å². The zero-order valence-corrected chi connectivity index (χ0v) is 13.5. The number of aromatic carboxylic acids is 1. The van der Waals surface area contributed by atoms with Gasteiger partial charge in [-0.25, -0.2) is 14.2 Å². The van der Waals surface area contributed by atoms with Crippen molar-refractivity contribution in [3.8, 4) is 0 Å². The summed E-state index contributed by atoms with van der Waals surface area (Å²) < 4.78 is 13.6. The maximum Gasteiger partial charge on any atom is 0.335 e. The van der Waals surface area contributed by atoms with Crippen LogP contribution in [-0.2, 0) is 6.54 Å². The molecule has 0 aromatic heterocycles. The Hall–Kier alpha value is -2.73. The number of hydrazine groups is 1. The van der Waals surface area contributed by atoms with Crippen molar-refractivity contribution in [2.75, 3.05) is 6.54 Å². The van der Waals surface area contributed by atoms with Crippen molar-refractivity contribution >= 4 is 11.9 Å². The topological polar surface area (TPSA) is 60.9 Å². The lowest BCUT2D eigenvalue weighted by molar-refractivity contribution is -0.0189. The zero-order valence-electron chi connectivity index (χ0n) is 13.5. The summed E-state index contributed by atoms with van der Waals surface area (Å²) in [6.45, 7) is 1.13. The number of halogens is 1. The number of carbonyl (C=O) groups excluding carboxylic acids is 1. The molecule has 0 aliphatic carbocycles. The van der Waals surface area contributed by atoms with Gasteiger partial charge in [-0.1, -0.05) is 18.2 Å². The van der Waals surface area contributed by atoms with Gasteiger partial charge in [-0.3, -0.25) is 9.80 Å². The van der Waals surface area contributed by atoms with Crippen molar-refractivity contribution in [2.24, 2.45) is 0 Å². The summed E-state index contributed by atoms with van der Waals surface area (Å²) in [6, 6.07) is 11.1. The van der Waals surface area contributed by atoms with Gasteiger partial charge in [-0.05, 0) is 48.2 Å². The molecular formula is C19H17FN2O3. The molecule has 0 radical (unpaired) electrons. The predicted octanol–water partition coefficient (Wildman–Crippen LogP) is 3.23. The highest BCUT2D eigenvalue weighted by atomic mass is 19.1. The Balaban J connectivity index is 1.64. The molecule has 5 nitrogen and oxygen atoms in total. The molecule has 25 heavy (non-hydrogen) atoms. The number of amides is 1. The van der Waals surface area contributed by atoms with Crippen molar-refractivity contribution in [2.45, 2.75) is 25.4 Å². The van der Waals surface area contributed by atoms with Gasteiger partial charge in [0.05, 0.1) is 18.2 Å². The quantitative estimate of drug-likeness (QED) is 0.932. The SMILES string of the molecule is O=C(O)c1ccc2c(c1)C(=O)N(N1CCC[C@H]1c1cccc(F)c1)C2. The van der Waals surface area contributed by atoms with Gasteiger partial charge in [0.25, 0.3) is 5.91 Å². The summed E-state index contributed by atoms with van der Waals surface area (Å²) in [5, 5.41) is 12.8. The minimum absolute atomic E-state index is 0.0482. The van der Waals surface area contributed by atoms with Crippen LogP contribution >= 0.6 is 0 Å². The highest BCUT2D eigenvalue weighted by molar-refractivity contribution is 6.00. The lowest BCUT2D eigenvalue weighted by atomic mass is 10.1. The van der Waals surface area contributed by atoms with Crippen molar-refractivity contribution in [1.82, 2.24) is 10.0 Å². The monoisotopic (exact) mass is 340 g/mol. The van der Waals surface area contributed by atoms with Crippen molar-refractivity contribution in [3.63, 3.8) is 0 Å². The standard InChI is InChI=1S/C19H17FN2O3/c20-15-4-1-3-12(9-15)17-5-2-8-21(17)22-11-14-7-6-13(19(24)25)10-16(14)18(22)23/h1,3-4,6-7,9-10,17H,2,5,8,11H2,(H,24,25)/t17-/m0/s1. The number of hydrogen-bond acceptors (Lipinski definition) is 3. The number of nitrogens with zero attached hydrogens (tertiary/aromatic N) is 2. The van der Waals surface area contributed by atoms with E-state index in [4.69, 9.17) is 5.11 Å². The fourth-order valence-corrected chi connectivity index (χ4v) is 3.72. The van der Waals surface area contributed by atoms with Crippen LogP contribution in [0.15, 0.2) is 42.5 Å². The molecule has 1 fully saturated rings. The third-order valence-electron chi connectivity index (χ3n) is 4.91. The molecular weight excluding hydrogens is 323 g/mol. The summed E-state index contributed by atoms with van der Waals surface area (Å²) in [6.07, 6.45) is 1.77. The molecule has 0 saturated carbocycles. The second kappa shape index (κ2) is 5.97. The molecule has 1 atom stereocenters. The van der Waals surface area contributed by atoms with E-state index in [0.29, 0.717) is 18.7 Å². The molecule has 2 aliphatic rings. The van der Waals surface area contributed by atoms with Crippen molar-refractivity contribution < 1.29 is 19.1 Å². The molecule has 1 saturated heterocycles. The molecule has 4 rings (SSSR count). The summed E-state index contributed by atoms with van der Waals surface area (Å²) in [7, 11) is 0. The normalized spacial score (nSPS) is 20.1. The highest BCUT2D eigenvalue weighted by Gasteiger charge is 2.38. The Bertz CT molecular complexity index is 867. The van der Waals surface area contributed by atoms with Crippen LogP contribution in [0, 0.1) is 5.82 Å². The van der Waals surface area contributed by atoms with Gasteiger partial charge in [-0.2, -0.15) is 0 Å². The zero-order chi connectivity index (χ0) is 17.6. The minimum Gasteiger partial charge on any atom is -0.478 e. The van der Waals surface area contributed by atoms with Crippen LogP contribution in [0.1, 0.15) is 50.7 Å². The van der Waals surface area contributed by atoms with Gasteiger partial charge in [0.2, 0.25) is 0 Å². The Labute approximate surface area is 144 Å². The molecule has 0 bridgehead atoms. The molecule has 2 heterocycles. The Kier molecular flexibility index (Phi) is 3.77. The number of hydrogen-bond donors (Lipinski definition) is 1. The molecule has 0 spiro atoms. The van der Waals surface area contributed by atoms with Crippen LogP contribution in [0.4, 0.5) is 4.39 Å². The fourth-order valence-electron chi connectivity index (χ4n) is 3.72. The number of carboxylic acids is 1. The second-order valence-corrected chi connectivity index (χ2v) is 6.42. The van der Waals surface area contributed by atoms with E-state index in [-0.39, 0.29) is 23.3 Å². The maximum atomic E-state index is 13.6. The average molecular weight is 340 g/mol. The number of carboxylic acid groups (broad SMARTS) is 1. The van der Waals surface area contributed by atoms with Gasteiger partial charge >= 0.3 is 5.97 Å². The van der Waals surface area contributed by atoms with Crippen LogP contribution in [0.5, 0.6) is 0 Å². The first-order valence-electron chi connectivity index (χ1n) is 8.24. The minimum atomic E-state index is -1.05. The first-order valence-corrected chi connectivity index (χ1v) is 8.24. The molecule has 2 aromatic rings. The predicted molar refractivity (Wildman–Crippen MR) is 88.4 cm³/mol. The van der Waals surface area contributed by atoms with E-state index in [1.807, 2.05) is 11.1 Å². The van der Waals surface area contributed by atoms with Gasteiger partial charge in [0.1, 0.15) is 5.82 Å². The Morgan fingerprint density at radius 3 is 2.80 bits per heavy atom. The molecule has 0 unspecified atom stereocenters. The summed E-state index contributed by atoms with van der Waals surface area (Å²) in [5.41, 5.74) is 2.22. The van der Waals surface area contributed by atoms with Gasteiger partial charge < -0.3 is 5.11 Å². The summed E-state index contributed by atoms with van der Waals surface area (Å²) in [5.74, 6) is -1.53. The second-order valence-electron chi connectivity index (χ2n) is 6.42. The van der Waals surface area contributed by atoms with Crippen LogP contribution in [0.2, 0.25) is 0 Å². The molecule has 1 N–H and O–H groups in total. The Morgan fingerprint density at radius 1 is 1.20 bits per heavy atom. The number of fused-ring (bicyclic) bond motifs is 1. The number of rotatable bonds is 3. The summed E-state index contributed by atoms with van der Waals surface area (Å²) >= 11 is 0. The van der Waals surface area contributed by atoms with E-state index in [9.17, 15) is 14.0 Å². The number of benzene rings is 2. The van der Waals surface area contributed by atoms with E-state index in [2.05, 4.69) is 0 Å². The molecule has 2 aliphatic heterocycles. The van der Waals surface area contributed by atoms with E-state index < -0.39 is 5.97 Å². The lowest BCUT2D eigenvalue weighted by Gasteiger charge is -2.33. The molecule has 2 aromatic carbocycles. The average Bonchev–Trinajstić information content (AvgIpc) is 3.19. The maximum absolute atomic E-state index is 13.6. The fraction of sp³-hybridized carbons (Fsp3) is 0.263. The third kappa shape index (κ3) is 2.68. The van der Waals surface area contributed by atoms with Crippen LogP contribution in [-0.4, -0.2) is 33.5 Å². The van der Waals surface area contributed by atoms with Crippen molar-refractivity contribution in [1.29, 1.82) is 0 Å². The third-order valence-corrected chi connectivity index (χ3v) is 4.91. The summed E-state index contributed by atoms with van der Waals surface area (Å²) in [4.78, 5) is 24.0. The Morgan fingerprint density at radius 2 is 2.04 bits per heavy atom. The largest absolute Gasteiger partial charge is 0.478 e. The smallest absolute Gasteiger partial charge is 0.335 e. The van der Waals surface area contributed by atoms with Gasteiger partial charge in [-0.15, -0.1) is 0 Å². The van der Waals surface area contributed by atoms with E-state index in [0.717, 1.165) is 24.0 Å². The van der Waals surface area contributed by atoms with Crippen LogP contribution in [0.3, 0.4) is 0 Å². The first-order chi connectivity index (χ1) is 12.0. The number of carbonyl (C=O) groups is 2. The molecule has 128 valence electrons. The van der Waals surface area contributed by atoms with E-state index in [1.54, 1.807) is 17.1 Å². The van der Waals surface area contributed by atoms with Crippen molar-refractivity contribution in [3.05, 3.63) is 70.5 Å². The van der Waals surface area contributed by atoms with E-state index in [1.165, 1.54) is 24.3 Å². The highest BCUT2D eigenvalue weighted by Crippen LogP contribution is 2.37. The van der Waals surface area contributed by atoms with Crippen LogP contribution < -0.4 is 0 Å². The lowest BCUT2D eigenvalue weighted by Crippen LogP contribution is -2.42. The van der Waals surface area contributed by atoms with Gasteiger partial charge in [0, 0.05) is 12.1 Å². The first kappa shape index (κ1) is 15.8. The van der Waals surface area contributed by atoms with Gasteiger partial charge in [0.15, 0.2) is 0 Å². The molecule has 1 amide bonds. The van der Waals surface area contributed by atoms with Crippen LogP contribution in [0.25, 0.3) is 0 Å².